The molecule has 9 atom stereocenters. The van der Waals surface area contributed by atoms with Crippen LogP contribution in [0.1, 0.15) is 221 Å². The van der Waals surface area contributed by atoms with Crippen LogP contribution in [0.4, 0.5) is 4.39 Å². The lowest BCUT2D eigenvalue weighted by molar-refractivity contribution is -0.220. The Balaban J connectivity index is 1.02. The normalized spacial score (nSPS) is 27.8. The largest absolute Gasteiger partial charge is 0.466 e. The van der Waals surface area contributed by atoms with Gasteiger partial charge in [-0.2, -0.15) is 0 Å². The third-order valence-corrected chi connectivity index (χ3v) is 17.0. The van der Waals surface area contributed by atoms with Crippen molar-refractivity contribution < 1.29 is 52.8 Å². The summed E-state index contributed by atoms with van der Waals surface area (Å²) in [6, 6.07) is 0. The second-order valence-electron chi connectivity index (χ2n) is 22.5. The molecule has 0 amide bonds. The van der Waals surface area contributed by atoms with Crippen molar-refractivity contribution in [1.29, 1.82) is 0 Å². The number of rotatable bonds is 37. The second kappa shape index (κ2) is 33.2. The molecule has 0 bridgehead atoms. The molecule has 0 saturated heterocycles. The monoisotopic (exact) mass is 1040 g/mol. The first kappa shape index (κ1) is 63.3. The number of hydrogen-bond donors (Lipinski definition) is 2. The fourth-order valence-electron chi connectivity index (χ4n) is 12.6. The Labute approximate surface area is 451 Å². The lowest BCUT2D eigenvalue weighted by Crippen LogP contribution is -2.69. The van der Waals surface area contributed by atoms with Gasteiger partial charge in [0.1, 0.15) is 11.7 Å². The molecule has 0 aliphatic heterocycles. The van der Waals surface area contributed by atoms with Crippen molar-refractivity contribution in [3.63, 3.8) is 0 Å². The van der Waals surface area contributed by atoms with Crippen LogP contribution in [0.2, 0.25) is 0 Å². The zero-order valence-electron chi connectivity index (χ0n) is 46.9. The van der Waals surface area contributed by atoms with Gasteiger partial charge in [-0.05, 0) is 134 Å². The van der Waals surface area contributed by atoms with Gasteiger partial charge in [0.15, 0.2) is 18.1 Å². The Morgan fingerprint density at radius 3 is 1.93 bits per heavy atom. The van der Waals surface area contributed by atoms with E-state index in [1.54, 1.807) is 26.8 Å². The standard InChI is InChI=1S/C64H97FO10/c1-6-8-10-12-13-14-15-16-17-18-19-20-21-24-27-30-34-38-60(71)75-53(36-32-11-9-7-2)37-33-29-26-23-22-25-28-31-35-45-73-58(69)41-42-59(70)74-49-57(68)64(72)50(3)46-55-54-40-39-51-47-52(66)43-44-61(51,4)63(54,65)56(67)48-62(55,64)5/h13-14,16-17,19-20,24,27,29,33,43-44,47,50,53-56,67,72H,6-12,15,18,21-23,25-26,28,30-32,34-42,45-46,48-49H2,1-5H3/b14-13-,17-16-,20-19-,27-24-,33-29-/t50-,53-,54+,55+,56+,61+,62+,63+,64+/m1/s1. The van der Waals surface area contributed by atoms with E-state index >= 15 is 4.39 Å². The van der Waals surface area contributed by atoms with Crippen molar-refractivity contribution in [2.45, 2.75) is 244 Å². The van der Waals surface area contributed by atoms with E-state index < -0.39 is 70.3 Å². The smallest absolute Gasteiger partial charge is 0.306 e. The number of alkyl halides is 1. The summed E-state index contributed by atoms with van der Waals surface area (Å²) in [5.74, 6) is -3.98. The number of fused-ring (bicyclic) bond motifs is 5. The van der Waals surface area contributed by atoms with E-state index in [1.807, 2.05) is 0 Å². The summed E-state index contributed by atoms with van der Waals surface area (Å²) in [5.41, 5.74) is -5.77. The number of aliphatic hydroxyl groups excluding tert-OH is 1. The van der Waals surface area contributed by atoms with E-state index in [9.17, 15) is 34.2 Å². The molecule has 10 nitrogen and oxygen atoms in total. The number of unbranched alkanes of at least 4 members (excludes halogenated alkanes) is 13. The Hall–Kier alpha value is -4.22. The average Bonchev–Trinajstić information content (AvgIpc) is 3.59. The molecular weight excluding hydrogens is 948 g/mol. The Morgan fingerprint density at radius 2 is 1.27 bits per heavy atom. The number of halogens is 1. The minimum absolute atomic E-state index is 0.0746. The molecule has 0 aromatic heterocycles. The molecule has 2 N–H and O–H groups in total. The van der Waals surface area contributed by atoms with Crippen LogP contribution in [0.15, 0.2) is 84.6 Å². The summed E-state index contributed by atoms with van der Waals surface area (Å²) in [4.78, 5) is 63.8. The van der Waals surface area contributed by atoms with Gasteiger partial charge < -0.3 is 24.4 Å². The number of carbonyl (C=O) groups excluding carboxylic acids is 5. The topological polar surface area (TPSA) is 154 Å². The molecule has 0 aromatic carbocycles. The Kier molecular flexibility index (Phi) is 28.0. The van der Waals surface area contributed by atoms with E-state index in [0.29, 0.717) is 31.3 Å². The molecule has 3 saturated carbocycles. The summed E-state index contributed by atoms with van der Waals surface area (Å²) in [7, 11) is 0. The van der Waals surface area contributed by atoms with Crippen molar-refractivity contribution in [3.8, 4) is 0 Å². The zero-order valence-corrected chi connectivity index (χ0v) is 46.9. The predicted molar refractivity (Wildman–Crippen MR) is 297 cm³/mol. The molecule has 0 unspecified atom stereocenters. The van der Waals surface area contributed by atoms with Gasteiger partial charge >= 0.3 is 17.9 Å². The lowest BCUT2D eigenvalue weighted by Gasteiger charge is -2.62. The van der Waals surface area contributed by atoms with Crippen LogP contribution in [0.5, 0.6) is 0 Å². The van der Waals surface area contributed by atoms with Crippen molar-refractivity contribution in [1.82, 2.24) is 0 Å². The van der Waals surface area contributed by atoms with E-state index in [-0.39, 0.29) is 43.7 Å². The van der Waals surface area contributed by atoms with E-state index in [0.717, 1.165) is 103 Å². The van der Waals surface area contributed by atoms with Gasteiger partial charge in [0.05, 0.1) is 25.6 Å². The zero-order chi connectivity index (χ0) is 54.6. The highest BCUT2D eigenvalue weighted by Crippen LogP contribution is 2.70. The molecule has 4 aliphatic rings. The van der Waals surface area contributed by atoms with Gasteiger partial charge in [-0.15, -0.1) is 0 Å². The number of ether oxygens (including phenoxy) is 3. The van der Waals surface area contributed by atoms with E-state index in [4.69, 9.17) is 14.2 Å². The van der Waals surface area contributed by atoms with Crippen molar-refractivity contribution in [2.24, 2.45) is 28.6 Å². The first-order valence-electron chi connectivity index (χ1n) is 29.4. The molecule has 420 valence electrons. The van der Waals surface area contributed by atoms with Crippen LogP contribution in [0.3, 0.4) is 0 Å². The van der Waals surface area contributed by atoms with Crippen LogP contribution in [-0.2, 0) is 38.2 Å². The maximum atomic E-state index is 17.5. The maximum absolute atomic E-state index is 17.5. The van der Waals surface area contributed by atoms with Crippen LogP contribution in [0.25, 0.3) is 0 Å². The molecule has 11 heteroatoms. The van der Waals surface area contributed by atoms with Gasteiger partial charge in [-0.3, -0.25) is 24.0 Å². The van der Waals surface area contributed by atoms with Crippen LogP contribution >= 0.6 is 0 Å². The fraction of sp³-hybridized carbons (Fsp3) is 0.703. The molecular formula is C64H97FO10. The number of allylic oxidation sites excluding steroid dienone is 13. The van der Waals surface area contributed by atoms with Crippen molar-refractivity contribution in [3.05, 3.63) is 84.6 Å². The quantitative estimate of drug-likeness (QED) is 0.0266. The summed E-state index contributed by atoms with van der Waals surface area (Å²) >= 11 is 0. The second-order valence-corrected chi connectivity index (χ2v) is 22.5. The Morgan fingerprint density at radius 1 is 0.707 bits per heavy atom. The van der Waals surface area contributed by atoms with Crippen LogP contribution < -0.4 is 0 Å². The average molecular weight is 1050 g/mol. The van der Waals surface area contributed by atoms with Crippen LogP contribution in [-0.4, -0.2) is 76.4 Å². The number of ketones is 2. The molecule has 3 fully saturated rings. The summed E-state index contributed by atoms with van der Waals surface area (Å²) in [5, 5.41) is 23.8. The fourth-order valence-corrected chi connectivity index (χ4v) is 12.6. The predicted octanol–water partition coefficient (Wildman–Crippen LogP) is 14.5. The highest BCUT2D eigenvalue weighted by atomic mass is 19.1. The number of carbonyl (C=O) groups is 5. The van der Waals surface area contributed by atoms with Gasteiger partial charge in [-0.25, -0.2) is 4.39 Å². The molecule has 0 radical (unpaired) electrons. The molecule has 0 aromatic rings. The van der Waals surface area contributed by atoms with Crippen molar-refractivity contribution >= 4 is 29.5 Å². The van der Waals surface area contributed by atoms with Gasteiger partial charge in [0.25, 0.3) is 0 Å². The van der Waals surface area contributed by atoms with Gasteiger partial charge in [-0.1, -0.05) is 158 Å². The molecule has 0 spiro atoms. The lowest BCUT2D eigenvalue weighted by atomic mass is 9.44. The SMILES string of the molecule is CCCCC/C=C\C/C=C\C/C=C\C/C=C\CCCC(=O)O[C@@H](C/C=C\CCCCCCCCOC(=O)CCC(=O)OCC(=O)[C@@]1(O)[C@H](C)C[C@H]2[C@@H]3CCC4=CC(=O)C=C[C@]4(C)[C@@]3(F)[C@@H](O)C[C@@]21C)CCCCCC. The van der Waals surface area contributed by atoms with Gasteiger partial charge in [0.2, 0.25) is 5.78 Å². The number of Topliss-reactive ketones (excluding diaryl/α,β-unsaturated/α-hetero) is 1. The molecule has 4 aliphatic carbocycles. The minimum atomic E-state index is -2.09. The first-order chi connectivity index (χ1) is 36.1. The van der Waals surface area contributed by atoms with E-state index in [2.05, 4.69) is 74.6 Å². The minimum Gasteiger partial charge on any atom is -0.466 e. The summed E-state index contributed by atoms with van der Waals surface area (Å²) < 4.78 is 34.1. The highest BCUT2D eigenvalue weighted by molar-refractivity contribution is 6.01. The number of hydrogen-bond acceptors (Lipinski definition) is 10. The van der Waals surface area contributed by atoms with Crippen molar-refractivity contribution in [2.75, 3.05) is 13.2 Å². The van der Waals surface area contributed by atoms with Gasteiger partial charge in [0, 0.05) is 29.6 Å². The third-order valence-electron chi connectivity index (χ3n) is 17.0. The first-order valence-corrected chi connectivity index (χ1v) is 29.4. The summed E-state index contributed by atoms with van der Waals surface area (Å²) in [6.07, 6.45) is 48.6. The summed E-state index contributed by atoms with van der Waals surface area (Å²) in [6.45, 7) is 9.20. The molecule has 4 rings (SSSR count). The maximum Gasteiger partial charge on any atom is 0.306 e. The highest BCUT2D eigenvalue weighted by Gasteiger charge is 2.75. The molecule has 0 heterocycles. The Bertz CT molecular complexity index is 2010. The third kappa shape index (κ3) is 18.5. The van der Waals surface area contributed by atoms with E-state index in [1.165, 1.54) is 50.7 Å². The molecule has 75 heavy (non-hydrogen) atoms. The number of aliphatic hydroxyl groups is 2. The number of esters is 3. The van der Waals surface area contributed by atoms with Crippen LogP contribution in [0, 0.1) is 28.6 Å².